The van der Waals surface area contributed by atoms with Crippen LogP contribution >= 0.6 is 0 Å². The summed E-state index contributed by atoms with van der Waals surface area (Å²) in [6, 6.07) is 6.10. The Balaban J connectivity index is 2.27. The molecule has 1 fully saturated rings. The van der Waals surface area contributed by atoms with Gasteiger partial charge in [0.15, 0.2) is 0 Å². The molecule has 1 unspecified atom stereocenters. The molecule has 1 aliphatic rings. The molecule has 0 bridgehead atoms. The fourth-order valence-corrected chi connectivity index (χ4v) is 2.88. The minimum Gasteiger partial charge on any atom is -0.487 e. The normalized spacial score (nSPS) is 24.4. The van der Waals surface area contributed by atoms with Crippen molar-refractivity contribution >= 4 is 0 Å². The van der Waals surface area contributed by atoms with E-state index in [9.17, 15) is 0 Å². The minimum atomic E-state index is -0.280. The first-order chi connectivity index (χ1) is 8.75. The molecule has 0 aromatic heterocycles. The van der Waals surface area contributed by atoms with Crippen LogP contribution in [0.1, 0.15) is 45.2 Å². The van der Waals surface area contributed by atoms with Crippen molar-refractivity contribution < 1.29 is 9.47 Å². The average Bonchev–Trinajstić information content (AvgIpc) is 2.49. The number of ether oxygens (including phenoxy) is 2. The summed E-state index contributed by atoms with van der Waals surface area (Å²) in [7, 11) is 0. The van der Waals surface area contributed by atoms with Gasteiger partial charge in [0.25, 0.3) is 0 Å². The number of hydrogen-bond donors (Lipinski definition) is 1. The quantitative estimate of drug-likeness (QED) is 0.911. The predicted octanol–water partition coefficient (Wildman–Crippen LogP) is 3.18. The molecule has 2 N–H and O–H groups in total. The summed E-state index contributed by atoms with van der Waals surface area (Å²) < 4.78 is 12.4. The third-order valence-corrected chi connectivity index (χ3v) is 3.77. The lowest BCUT2D eigenvalue weighted by Crippen LogP contribution is -2.37. The van der Waals surface area contributed by atoms with Crippen LogP contribution in [0.3, 0.4) is 0 Å². The van der Waals surface area contributed by atoms with Crippen molar-refractivity contribution in [1.82, 2.24) is 0 Å². The second-order valence-electron chi connectivity index (χ2n) is 6.54. The van der Waals surface area contributed by atoms with Crippen molar-refractivity contribution in [2.75, 3.05) is 0 Å². The van der Waals surface area contributed by atoms with Crippen molar-refractivity contribution in [3.8, 4) is 5.75 Å². The van der Waals surface area contributed by atoms with Gasteiger partial charge in [0.05, 0.1) is 5.60 Å². The van der Waals surface area contributed by atoms with Gasteiger partial charge in [-0.05, 0) is 40.2 Å². The van der Waals surface area contributed by atoms with Crippen molar-refractivity contribution in [3.63, 3.8) is 0 Å². The fourth-order valence-electron chi connectivity index (χ4n) is 2.88. The molecule has 1 atom stereocenters. The van der Waals surface area contributed by atoms with Crippen molar-refractivity contribution in [2.24, 2.45) is 5.73 Å². The van der Waals surface area contributed by atoms with E-state index in [4.69, 9.17) is 15.2 Å². The Morgan fingerprint density at radius 2 is 2.00 bits per heavy atom. The molecule has 1 saturated heterocycles. The van der Waals surface area contributed by atoms with Crippen molar-refractivity contribution in [3.05, 3.63) is 29.3 Å². The topological polar surface area (TPSA) is 44.5 Å². The molecule has 0 saturated carbocycles. The molecule has 0 spiro atoms. The van der Waals surface area contributed by atoms with Crippen molar-refractivity contribution in [2.45, 2.75) is 64.9 Å². The van der Waals surface area contributed by atoms with Crippen LogP contribution in [0, 0.1) is 6.92 Å². The van der Waals surface area contributed by atoms with E-state index in [1.165, 1.54) is 0 Å². The second-order valence-corrected chi connectivity index (χ2v) is 6.54. The lowest BCUT2D eigenvalue weighted by Gasteiger charge is -2.28. The van der Waals surface area contributed by atoms with Gasteiger partial charge in [0, 0.05) is 18.5 Å². The third kappa shape index (κ3) is 2.93. The zero-order valence-electron chi connectivity index (χ0n) is 12.6. The highest BCUT2D eigenvalue weighted by molar-refractivity contribution is 5.41. The Kier molecular flexibility index (Phi) is 3.63. The molecule has 0 radical (unpaired) electrons. The Morgan fingerprint density at radius 3 is 2.53 bits per heavy atom. The first-order valence-corrected chi connectivity index (χ1v) is 6.90. The van der Waals surface area contributed by atoms with Gasteiger partial charge in [-0.1, -0.05) is 18.2 Å². The van der Waals surface area contributed by atoms with Gasteiger partial charge in [-0.2, -0.15) is 0 Å². The van der Waals surface area contributed by atoms with Crippen LogP contribution in [0.2, 0.25) is 0 Å². The van der Waals surface area contributed by atoms with E-state index in [-0.39, 0.29) is 17.3 Å². The summed E-state index contributed by atoms with van der Waals surface area (Å²) >= 11 is 0. The van der Waals surface area contributed by atoms with Gasteiger partial charge in [-0.15, -0.1) is 0 Å². The highest BCUT2D eigenvalue weighted by Gasteiger charge is 2.47. The SMILES string of the molecule is Cc1cccc(CN)c1OC1CC(C)(C)OC1(C)C. The van der Waals surface area contributed by atoms with E-state index in [1.54, 1.807) is 0 Å². The summed E-state index contributed by atoms with van der Waals surface area (Å²) in [6.07, 6.45) is 0.937. The maximum absolute atomic E-state index is 6.27. The Labute approximate surface area is 116 Å². The first kappa shape index (κ1) is 14.4. The van der Waals surface area contributed by atoms with Gasteiger partial charge in [-0.25, -0.2) is 0 Å². The zero-order chi connectivity index (χ0) is 14.3. The lowest BCUT2D eigenvalue weighted by molar-refractivity contribution is -0.0847. The number of para-hydroxylation sites is 1. The zero-order valence-corrected chi connectivity index (χ0v) is 12.6. The molecule has 0 amide bonds. The molecule has 106 valence electrons. The lowest BCUT2D eigenvalue weighted by atomic mass is 9.97. The van der Waals surface area contributed by atoms with E-state index in [0.29, 0.717) is 6.54 Å². The van der Waals surface area contributed by atoms with Gasteiger partial charge < -0.3 is 15.2 Å². The highest BCUT2D eigenvalue weighted by atomic mass is 16.6. The second kappa shape index (κ2) is 4.80. The summed E-state index contributed by atoms with van der Waals surface area (Å²) in [5, 5.41) is 0. The number of hydrogen-bond acceptors (Lipinski definition) is 3. The van der Waals surface area contributed by atoms with Gasteiger partial charge in [-0.3, -0.25) is 0 Å². The summed E-state index contributed by atoms with van der Waals surface area (Å²) in [6.45, 7) is 11.0. The summed E-state index contributed by atoms with van der Waals surface area (Å²) in [4.78, 5) is 0. The highest BCUT2D eigenvalue weighted by Crippen LogP contribution is 2.40. The largest absolute Gasteiger partial charge is 0.487 e. The maximum Gasteiger partial charge on any atom is 0.130 e. The number of rotatable bonds is 3. The van der Waals surface area contributed by atoms with Crippen molar-refractivity contribution in [1.29, 1.82) is 0 Å². The molecule has 3 heteroatoms. The average molecular weight is 263 g/mol. The number of aryl methyl sites for hydroxylation is 1. The molecule has 1 aromatic carbocycles. The molecular weight excluding hydrogens is 238 g/mol. The van der Waals surface area contributed by atoms with Crippen LogP contribution in [0.4, 0.5) is 0 Å². The van der Waals surface area contributed by atoms with E-state index in [0.717, 1.165) is 23.3 Å². The van der Waals surface area contributed by atoms with Crippen LogP contribution in [-0.2, 0) is 11.3 Å². The standard InChI is InChI=1S/C16H25NO2/c1-11-7-6-8-12(10-17)14(11)18-13-9-15(2,3)19-16(13,4)5/h6-8,13H,9-10,17H2,1-5H3. The third-order valence-electron chi connectivity index (χ3n) is 3.77. The van der Waals surface area contributed by atoms with Crippen LogP contribution < -0.4 is 10.5 Å². The van der Waals surface area contributed by atoms with Crippen LogP contribution in [-0.4, -0.2) is 17.3 Å². The fraction of sp³-hybridized carbons (Fsp3) is 0.625. The Hall–Kier alpha value is -1.06. The van der Waals surface area contributed by atoms with Crippen LogP contribution in [0.25, 0.3) is 0 Å². The molecular formula is C16H25NO2. The van der Waals surface area contributed by atoms with E-state index >= 15 is 0 Å². The first-order valence-electron chi connectivity index (χ1n) is 6.90. The van der Waals surface area contributed by atoms with E-state index in [2.05, 4.69) is 40.7 Å². The predicted molar refractivity (Wildman–Crippen MR) is 77.3 cm³/mol. The van der Waals surface area contributed by atoms with Gasteiger partial charge >= 0.3 is 0 Å². The molecule has 3 nitrogen and oxygen atoms in total. The van der Waals surface area contributed by atoms with E-state index in [1.807, 2.05) is 12.1 Å². The van der Waals surface area contributed by atoms with Gasteiger partial charge in [0.1, 0.15) is 17.5 Å². The van der Waals surface area contributed by atoms with Crippen LogP contribution in [0.5, 0.6) is 5.75 Å². The van der Waals surface area contributed by atoms with Gasteiger partial charge in [0.2, 0.25) is 0 Å². The van der Waals surface area contributed by atoms with Crippen LogP contribution in [0.15, 0.2) is 18.2 Å². The molecule has 0 aliphatic carbocycles. The number of nitrogens with two attached hydrogens (primary N) is 1. The molecule has 1 heterocycles. The molecule has 19 heavy (non-hydrogen) atoms. The maximum atomic E-state index is 6.27. The summed E-state index contributed by atoms with van der Waals surface area (Å²) in [5.74, 6) is 0.921. The van der Waals surface area contributed by atoms with E-state index < -0.39 is 0 Å². The molecule has 2 rings (SSSR count). The monoisotopic (exact) mass is 263 g/mol. The smallest absolute Gasteiger partial charge is 0.130 e. The number of benzene rings is 1. The Bertz CT molecular complexity index is 466. The Morgan fingerprint density at radius 1 is 1.32 bits per heavy atom. The minimum absolute atomic E-state index is 0.0499. The molecule has 1 aromatic rings. The summed E-state index contributed by atoms with van der Waals surface area (Å²) in [5.41, 5.74) is 7.57. The molecule has 1 aliphatic heterocycles.